The van der Waals surface area contributed by atoms with Crippen molar-refractivity contribution in [2.75, 3.05) is 39.8 Å². The maximum absolute atomic E-state index is 12.4. The van der Waals surface area contributed by atoms with E-state index >= 15 is 0 Å². The molecular weight excluding hydrogens is 314 g/mol. The molecule has 0 radical (unpaired) electrons. The van der Waals surface area contributed by atoms with Crippen molar-refractivity contribution in [3.63, 3.8) is 0 Å². The van der Waals surface area contributed by atoms with Gasteiger partial charge in [0.15, 0.2) is 11.5 Å². The van der Waals surface area contributed by atoms with Crippen molar-refractivity contribution in [2.24, 2.45) is 0 Å². The molecule has 0 bridgehead atoms. The number of hydrogen-bond donors (Lipinski definition) is 0. The molecule has 0 N–H and O–H groups in total. The van der Waals surface area contributed by atoms with Gasteiger partial charge in [0, 0.05) is 25.0 Å². The second kappa shape index (κ2) is 7.37. The van der Waals surface area contributed by atoms with Gasteiger partial charge in [0.1, 0.15) is 10.6 Å². The van der Waals surface area contributed by atoms with Gasteiger partial charge in [-0.1, -0.05) is 6.07 Å². The number of benzene rings is 1. The van der Waals surface area contributed by atoms with Gasteiger partial charge in [-0.25, -0.2) is 4.79 Å². The van der Waals surface area contributed by atoms with Crippen molar-refractivity contribution in [3.8, 4) is 22.6 Å². The zero-order valence-corrected chi connectivity index (χ0v) is 14.8. The van der Waals surface area contributed by atoms with E-state index in [1.54, 1.807) is 21.1 Å². The summed E-state index contributed by atoms with van der Waals surface area (Å²) in [6.07, 6.45) is 0. The molecule has 2 rings (SSSR count). The summed E-state index contributed by atoms with van der Waals surface area (Å²) in [6, 6.07) is 5.60. The van der Waals surface area contributed by atoms with Crippen LogP contribution < -0.4 is 14.4 Å². The van der Waals surface area contributed by atoms with Gasteiger partial charge in [-0.05, 0) is 24.6 Å². The first-order chi connectivity index (χ1) is 11.0. The van der Waals surface area contributed by atoms with E-state index in [9.17, 15) is 4.79 Å². The summed E-state index contributed by atoms with van der Waals surface area (Å²) in [5, 5.41) is 2.83. The Labute approximate surface area is 140 Å². The summed E-state index contributed by atoms with van der Waals surface area (Å²) in [7, 11) is 7.00. The summed E-state index contributed by atoms with van der Waals surface area (Å²) >= 11 is 1.51. The second-order valence-corrected chi connectivity index (χ2v) is 5.87. The van der Waals surface area contributed by atoms with Crippen LogP contribution in [0.4, 0.5) is 5.00 Å². The first-order valence-electron chi connectivity index (χ1n) is 7.21. The lowest BCUT2D eigenvalue weighted by molar-refractivity contribution is 0.0528. The highest BCUT2D eigenvalue weighted by molar-refractivity contribution is 7.15. The number of ether oxygens (including phenoxy) is 3. The predicted octanol–water partition coefficient (Wildman–Crippen LogP) is 3.68. The summed E-state index contributed by atoms with van der Waals surface area (Å²) in [6.45, 7) is 2.14. The number of carbonyl (C=O) groups is 1. The molecule has 5 nitrogen and oxygen atoms in total. The Balaban J connectivity index is 2.57. The molecule has 1 heterocycles. The number of anilines is 1. The molecule has 0 unspecified atom stereocenters. The lowest BCUT2D eigenvalue weighted by Crippen LogP contribution is -2.13. The fourth-order valence-corrected chi connectivity index (χ4v) is 3.30. The quantitative estimate of drug-likeness (QED) is 0.754. The Morgan fingerprint density at radius 2 is 1.87 bits per heavy atom. The van der Waals surface area contributed by atoms with Gasteiger partial charge in [-0.3, -0.25) is 0 Å². The van der Waals surface area contributed by atoms with Crippen LogP contribution in [0.15, 0.2) is 23.6 Å². The number of hydrogen-bond acceptors (Lipinski definition) is 6. The Bertz CT molecular complexity index is 694. The van der Waals surface area contributed by atoms with Crippen LogP contribution in [0.5, 0.6) is 11.5 Å². The molecule has 124 valence electrons. The predicted molar refractivity (Wildman–Crippen MR) is 93.1 cm³/mol. The fraction of sp³-hybridized carbons (Fsp3) is 0.353. The highest BCUT2D eigenvalue weighted by Gasteiger charge is 2.23. The van der Waals surface area contributed by atoms with Crippen LogP contribution >= 0.6 is 11.3 Å². The van der Waals surface area contributed by atoms with E-state index in [2.05, 4.69) is 0 Å². The Morgan fingerprint density at radius 3 is 2.43 bits per heavy atom. The first-order valence-corrected chi connectivity index (χ1v) is 8.09. The van der Waals surface area contributed by atoms with Gasteiger partial charge < -0.3 is 19.1 Å². The third-order valence-electron chi connectivity index (χ3n) is 3.35. The smallest absolute Gasteiger partial charge is 0.341 e. The van der Waals surface area contributed by atoms with Crippen molar-refractivity contribution >= 4 is 22.3 Å². The molecule has 0 spiro atoms. The third-order valence-corrected chi connectivity index (χ3v) is 4.50. The fourth-order valence-electron chi connectivity index (χ4n) is 2.29. The van der Waals surface area contributed by atoms with Crippen LogP contribution in [0.1, 0.15) is 17.3 Å². The SMILES string of the molecule is CCOC(=O)c1c(-c2ccc(OC)c(OC)c2)csc1N(C)C. The number of esters is 1. The number of rotatable bonds is 6. The number of nitrogens with zero attached hydrogens (tertiary/aromatic N) is 1. The topological polar surface area (TPSA) is 48.0 Å². The summed E-state index contributed by atoms with van der Waals surface area (Å²) < 4.78 is 15.8. The highest BCUT2D eigenvalue weighted by atomic mass is 32.1. The van der Waals surface area contributed by atoms with Gasteiger partial charge in [-0.2, -0.15) is 0 Å². The van der Waals surface area contributed by atoms with Crippen LogP contribution in [0.25, 0.3) is 11.1 Å². The number of methoxy groups -OCH3 is 2. The van der Waals surface area contributed by atoms with Gasteiger partial charge in [0.2, 0.25) is 0 Å². The summed E-state index contributed by atoms with van der Waals surface area (Å²) in [5.41, 5.74) is 2.29. The zero-order chi connectivity index (χ0) is 17.0. The average Bonchev–Trinajstić information content (AvgIpc) is 2.99. The minimum absolute atomic E-state index is 0.317. The zero-order valence-electron chi connectivity index (χ0n) is 14.0. The van der Waals surface area contributed by atoms with E-state index in [-0.39, 0.29) is 5.97 Å². The van der Waals surface area contributed by atoms with Crippen molar-refractivity contribution in [1.29, 1.82) is 0 Å². The molecule has 1 aromatic carbocycles. The number of thiophene rings is 1. The van der Waals surface area contributed by atoms with Crippen LogP contribution in [-0.2, 0) is 4.74 Å². The highest BCUT2D eigenvalue weighted by Crippen LogP contribution is 2.40. The van der Waals surface area contributed by atoms with Crippen molar-refractivity contribution in [3.05, 3.63) is 29.1 Å². The normalized spacial score (nSPS) is 10.3. The Kier molecular flexibility index (Phi) is 5.50. The van der Waals surface area contributed by atoms with E-state index in [1.165, 1.54) is 11.3 Å². The molecule has 0 aliphatic carbocycles. The van der Waals surface area contributed by atoms with Gasteiger partial charge in [-0.15, -0.1) is 11.3 Å². The molecule has 0 amide bonds. The van der Waals surface area contributed by atoms with Crippen LogP contribution in [-0.4, -0.2) is 40.9 Å². The standard InChI is InChI=1S/C17H21NO4S/c1-6-22-17(19)15-12(10-23-16(15)18(2)3)11-7-8-13(20-4)14(9-11)21-5/h7-10H,6H2,1-5H3. The van der Waals surface area contributed by atoms with Crippen molar-refractivity contribution in [2.45, 2.75) is 6.92 Å². The third kappa shape index (κ3) is 3.42. The lowest BCUT2D eigenvalue weighted by Gasteiger charge is -2.14. The minimum Gasteiger partial charge on any atom is -0.493 e. The van der Waals surface area contributed by atoms with Crippen LogP contribution in [0, 0.1) is 0 Å². The maximum Gasteiger partial charge on any atom is 0.341 e. The molecule has 23 heavy (non-hydrogen) atoms. The Morgan fingerprint density at radius 1 is 1.17 bits per heavy atom. The number of carbonyl (C=O) groups excluding carboxylic acids is 1. The van der Waals surface area contributed by atoms with Crippen LogP contribution in [0.3, 0.4) is 0 Å². The molecule has 1 aromatic heterocycles. The molecule has 0 saturated heterocycles. The lowest BCUT2D eigenvalue weighted by atomic mass is 10.0. The second-order valence-electron chi connectivity index (χ2n) is 5.01. The Hall–Kier alpha value is -2.21. The van der Waals surface area contributed by atoms with Crippen molar-refractivity contribution in [1.82, 2.24) is 0 Å². The molecule has 2 aromatic rings. The average molecular weight is 335 g/mol. The molecule has 0 aliphatic heterocycles. The molecule has 6 heteroatoms. The molecule has 0 atom stereocenters. The van der Waals surface area contributed by atoms with Gasteiger partial charge in [0.25, 0.3) is 0 Å². The summed E-state index contributed by atoms with van der Waals surface area (Å²) in [4.78, 5) is 14.3. The maximum atomic E-state index is 12.4. The van der Waals surface area contributed by atoms with E-state index in [4.69, 9.17) is 14.2 Å². The van der Waals surface area contributed by atoms with E-state index in [0.717, 1.165) is 16.1 Å². The summed E-state index contributed by atoms with van der Waals surface area (Å²) in [5.74, 6) is 0.955. The first kappa shape index (κ1) is 17.1. The molecule has 0 aliphatic rings. The van der Waals surface area contributed by atoms with E-state index in [0.29, 0.717) is 23.7 Å². The van der Waals surface area contributed by atoms with Gasteiger partial charge >= 0.3 is 5.97 Å². The largest absolute Gasteiger partial charge is 0.493 e. The van der Waals surface area contributed by atoms with Crippen molar-refractivity contribution < 1.29 is 19.0 Å². The molecule has 0 saturated carbocycles. The minimum atomic E-state index is -0.317. The van der Waals surface area contributed by atoms with E-state index in [1.807, 2.05) is 42.6 Å². The van der Waals surface area contributed by atoms with Gasteiger partial charge in [0.05, 0.1) is 20.8 Å². The monoisotopic (exact) mass is 335 g/mol. The van der Waals surface area contributed by atoms with E-state index < -0.39 is 0 Å². The molecule has 0 fully saturated rings. The van der Waals surface area contributed by atoms with Crippen LogP contribution in [0.2, 0.25) is 0 Å². The molecular formula is C17H21NO4S.